The molecule has 0 unspecified atom stereocenters. The number of nitrogens with one attached hydrogen (secondary N) is 3. The molecule has 2 aromatic carbocycles. The Morgan fingerprint density at radius 1 is 1.04 bits per heavy atom. The second-order valence-electron chi connectivity index (χ2n) is 6.78. The number of benzene rings is 2. The summed E-state index contributed by atoms with van der Waals surface area (Å²) in [6.45, 7) is 7.61. The van der Waals surface area contributed by atoms with Gasteiger partial charge in [-0.2, -0.15) is 0 Å². The molecule has 5 nitrogen and oxygen atoms in total. The van der Waals surface area contributed by atoms with Crippen molar-refractivity contribution in [1.29, 1.82) is 0 Å². The van der Waals surface area contributed by atoms with Crippen molar-refractivity contribution in [2.75, 3.05) is 17.2 Å². The molecule has 0 saturated carbocycles. The van der Waals surface area contributed by atoms with E-state index in [0.717, 1.165) is 18.7 Å². The average molecular weight is 388 g/mol. The number of carbonyl (C=O) groups is 2. The van der Waals surface area contributed by atoms with Crippen molar-refractivity contribution < 1.29 is 9.59 Å². The molecule has 2 aromatic rings. The van der Waals surface area contributed by atoms with Crippen LogP contribution in [0, 0.1) is 5.92 Å². The summed E-state index contributed by atoms with van der Waals surface area (Å²) < 4.78 is 0. The summed E-state index contributed by atoms with van der Waals surface area (Å²) >= 11 is 6.19. The summed E-state index contributed by atoms with van der Waals surface area (Å²) in [5, 5.41) is 9.25. The molecule has 0 spiro atoms. The normalized spacial score (nSPS) is 10.7. The highest BCUT2D eigenvalue weighted by Gasteiger charge is 2.13. The maximum Gasteiger partial charge on any atom is 0.257 e. The van der Waals surface area contributed by atoms with Gasteiger partial charge >= 0.3 is 0 Å². The topological polar surface area (TPSA) is 70.2 Å². The number of carbonyl (C=O) groups excluding carboxylic acids is 2. The van der Waals surface area contributed by atoms with Gasteiger partial charge in [-0.05, 0) is 48.4 Å². The molecule has 0 saturated heterocycles. The van der Waals surface area contributed by atoms with Gasteiger partial charge in [0.25, 0.3) is 5.91 Å². The highest BCUT2D eigenvalue weighted by atomic mass is 35.5. The number of halogens is 1. The van der Waals surface area contributed by atoms with Gasteiger partial charge in [-0.15, -0.1) is 0 Å². The number of hydrogen-bond donors (Lipinski definition) is 3. The lowest BCUT2D eigenvalue weighted by Gasteiger charge is -2.11. The number of rotatable bonds is 8. The molecule has 27 heavy (non-hydrogen) atoms. The van der Waals surface area contributed by atoms with Crippen molar-refractivity contribution in [1.82, 2.24) is 5.32 Å². The van der Waals surface area contributed by atoms with E-state index in [1.807, 2.05) is 45.0 Å². The van der Waals surface area contributed by atoms with Crippen LogP contribution in [0.15, 0.2) is 42.5 Å². The molecular weight excluding hydrogens is 362 g/mol. The Hall–Kier alpha value is -2.37. The van der Waals surface area contributed by atoms with Gasteiger partial charge in [0, 0.05) is 24.3 Å². The first-order valence-corrected chi connectivity index (χ1v) is 9.47. The molecule has 0 radical (unpaired) electrons. The zero-order valence-electron chi connectivity index (χ0n) is 15.9. The van der Waals surface area contributed by atoms with Crippen LogP contribution in [0.25, 0.3) is 0 Å². The Morgan fingerprint density at radius 2 is 1.78 bits per heavy atom. The lowest BCUT2D eigenvalue weighted by Crippen LogP contribution is -2.16. The third kappa shape index (κ3) is 6.70. The molecule has 2 rings (SSSR count). The van der Waals surface area contributed by atoms with Gasteiger partial charge in [0.15, 0.2) is 0 Å². The summed E-state index contributed by atoms with van der Waals surface area (Å²) in [4.78, 5) is 24.6. The second-order valence-corrected chi connectivity index (χ2v) is 7.18. The molecular formula is C21H26ClN3O2. The highest BCUT2D eigenvalue weighted by Crippen LogP contribution is 2.23. The predicted octanol–water partition coefficient (Wildman–Crippen LogP) is 4.69. The molecule has 0 aliphatic rings. The van der Waals surface area contributed by atoms with Crippen LogP contribution >= 0.6 is 11.6 Å². The molecule has 0 fully saturated rings. The minimum atomic E-state index is -0.319. The Balaban J connectivity index is 2.11. The summed E-state index contributed by atoms with van der Waals surface area (Å²) in [6, 6.07) is 12.5. The van der Waals surface area contributed by atoms with Gasteiger partial charge in [0.05, 0.1) is 10.6 Å². The van der Waals surface area contributed by atoms with E-state index in [4.69, 9.17) is 11.6 Å². The first-order valence-electron chi connectivity index (χ1n) is 9.09. The number of amides is 2. The van der Waals surface area contributed by atoms with Crippen molar-refractivity contribution in [2.45, 2.75) is 33.7 Å². The number of anilines is 2. The maximum atomic E-state index is 12.7. The SMILES string of the molecule is CCNCc1cccc(NC(=O)c2cc(NC(=O)CC(C)C)ccc2Cl)c1. The van der Waals surface area contributed by atoms with Crippen LogP contribution in [0.4, 0.5) is 11.4 Å². The van der Waals surface area contributed by atoms with Gasteiger partial charge in [0.2, 0.25) is 5.91 Å². The fourth-order valence-electron chi connectivity index (χ4n) is 2.59. The fraction of sp³-hybridized carbons (Fsp3) is 0.333. The van der Waals surface area contributed by atoms with Gasteiger partial charge in [-0.25, -0.2) is 0 Å². The lowest BCUT2D eigenvalue weighted by molar-refractivity contribution is -0.116. The van der Waals surface area contributed by atoms with Crippen LogP contribution in [0.5, 0.6) is 0 Å². The van der Waals surface area contributed by atoms with Gasteiger partial charge in [-0.1, -0.05) is 44.5 Å². The van der Waals surface area contributed by atoms with Crippen LogP contribution in [0.2, 0.25) is 5.02 Å². The van der Waals surface area contributed by atoms with E-state index in [1.54, 1.807) is 18.2 Å². The third-order valence-corrected chi connectivity index (χ3v) is 4.18. The molecule has 0 bridgehead atoms. The fourth-order valence-corrected chi connectivity index (χ4v) is 2.79. The van der Waals surface area contributed by atoms with Crippen LogP contribution in [-0.4, -0.2) is 18.4 Å². The van der Waals surface area contributed by atoms with E-state index < -0.39 is 0 Å². The Kier molecular flexibility index (Phi) is 7.82. The van der Waals surface area contributed by atoms with E-state index in [2.05, 4.69) is 16.0 Å². The average Bonchev–Trinajstić information content (AvgIpc) is 2.61. The van der Waals surface area contributed by atoms with Gasteiger partial charge < -0.3 is 16.0 Å². The Morgan fingerprint density at radius 3 is 2.48 bits per heavy atom. The smallest absolute Gasteiger partial charge is 0.257 e. The largest absolute Gasteiger partial charge is 0.326 e. The molecule has 0 aliphatic heterocycles. The van der Waals surface area contributed by atoms with E-state index in [0.29, 0.717) is 28.4 Å². The lowest BCUT2D eigenvalue weighted by atomic mass is 10.1. The van der Waals surface area contributed by atoms with E-state index in [-0.39, 0.29) is 17.7 Å². The molecule has 3 N–H and O–H groups in total. The molecule has 0 aliphatic carbocycles. The molecule has 2 amide bonds. The van der Waals surface area contributed by atoms with Crippen molar-refractivity contribution in [2.24, 2.45) is 5.92 Å². The second kappa shape index (κ2) is 10.1. The Labute approximate surface area is 165 Å². The van der Waals surface area contributed by atoms with Crippen LogP contribution in [0.1, 0.15) is 43.1 Å². The molecule has 0 atom stereocenters. The highest BCUT2D eigenvalue weighted by molar-refractivity contribution is 6.34. The van der Waals surface area contributed by atoms with Crippen LogP contribution < -0.4 is 16.0 Å². The quantitative estimate of drug-likeness (QED) is 0.615. The van der Waals surface area contributed by atoms with Crippen molar-refractivity contribution in [3.05, 3.63) is 58.6 Å². The first-order chi connectivity index (χ1) is 12.9. The van der Waals surface area contributed by atoms with Crippen molar-refractivity contribution in [3.63, 3.8) is 0 Å². The van der Waals surface area contributed by atoms with E-state index >= 15 is 0 Å². The molecule has 0 aromatic heterocycles. The summed E-state index contributed by atoms with van der Waals surface area (Å²) in [6.07, 6.45) is 0.419. The molecule has 6 heteroatoms. The maximum absolute atomic E-state index is 12.7. The standard InChI is InChI=1S/C21H26ClN3O2/c1-4-23-13-15-6-5-7-16(11-15)25-21(27)18-12-17(8-9-19(18)22)24-20(26)10-14(2)3/h5-9,11-12,14,23H,4,10,13H2,1-3H3,(H,24,26)(H,25,27). The zero-order chi connectivity index (χ0) is 19.8. The predicted molar refractivity (Wildman–Crippen MR) is 111 cm³/mol. The van der Waals surface area contributed by atoms with Crippen molar-refractivity contribution in [3.8, 4) is 0 Å². The molecule has 0 heterocycles. The minimum Gasteiger partial charge on any atom is -0.326 e. The van der Waals surface area contributed by atoms with E-state index in [1.165, 1.54) is 0 Å². The summed E-state index contributed by atoms with van der Waals surface area (Å²) in [7, 11) is 0. The van der Waals surface area contributed by atoms with Crippen LogP contribution in [-0.2, 0) is 11.3 Å². The van der Waals surface area contributed by atoms with Gasteiger partial charge in [0.1, 0.15) is 0 Å². The molecule has 144 valence electrons. The monoisotopic (exact) mass is 387 g/mol. The summed E-state index contributed by atoms with van der Waals surface area (Å²) in [5.74, 6) is -0.148. The Bertz CT molecular complexity index is 806. The summed E-state index contributed by atoms with van der Waals surface area (Å²) in [5.41, 5.74) is 2.64. The zero-order valence-corrected chi connectivity index (χ0v) is 16.7. The van der Waals surface area contributed by atoms with Crippen molar-refractivity contribution >= 4 is 34.8 Å². The number of hydrogen-bond acceptors (Lipinski definition) is 3. The minimum absolute atomic E-state index is 0.0881. The first kappa shape index (κ1) is 20.9. The van der Waals surface area contributed by atoms with E-state index in [9.17, 15) is 9.59 Å². The third-order valence-electron chi connectivity index (χ3n) is 3.85. The van der Waals surface area contributed by atoms with Crippen LogP contribution in [0.3, 0.4) is 0 Å². The van der Waals surface area contributed by atoms with Gasteiger partial charge in [-0.3, -0.25) is 9.59 Å².